The van der Waals surface area contributed by atoms with E-state index in [-0.39, 0.29) is 6.04 Å². The number of nitrogens with one attached hydrogen (secondary N) is 1. The molecular formula is C16H13BrClN3. The predicted molar refractivity (Wildman–Crippen MR) is 90.1 cm³/mol. The highest BCUT2D eigenvalue weighted by Gasteiger charge is 2.16. The molecule has 3 aromatic rings. The van der Waals surface area contributed by atoms with Crippen molar-refractivity contribution in [2.75, 3.05) is 0 Å². The summed E-state index contributed by atoms with van der Waals surface area (Å²) in [7, 11) is 0. The molecule has 0 aliphatic carbocycles. The van der Waals surface area contributed by atoms with Crippen LogP contribution < -0.4 is 11.3 Å². The van der Waals surface area contributed by atoms with E-state index >= 15 is 0 Å². The summed E-state index contributed by atoms with van der Waals surface area (Å²) < 4.78 is 0.916. The fourth-order valence-corrected chi connectivity index (χ4v) is 3.28. The number of nitrogens with zero attached hydrogens (tertiary/aromatic N) is 1. The maximum atomic E-state index is 6.00. The van der Waals surface area contributed by atoms with Gasteiger partial charge in [-0.15, -0.1) is 0 Å². The van der Waals surface area contributed by atoms with Crippen LogP contribution in [0.2, 0.25) is 5.02 Å². The van der Waals surface area contributed by atoms with Gasteiger partial charge in [0.2, 0.25) is 0 Å². The zero-order valence-corrected chi connectivity index (χ0v) is 13.4. The van der Waals surface area contributed by atoms with Gasteiger partial charge < -0.3 is 0 Å². The first kappa shape index (κ1) is 14.5. The Hall–Kier alpha value is -1.46. The number of hydrazine groups is 1. The van der Waals surface area contributed by atoms with Crippen molar-refractivity contribution in [2.45, 2.75) is 6.04 Å². The van der Waals surface area contributed by atoms with Gasteiger partial charge in [0.1, 0.15) is 0 Å². The number of hydrogen-bond donors (Lipinski definition) is 2. The molecule has 0 amide bonds. The van der Waals surface area contributed by atoms with Crippen molar-refractivity contribution in [2.24, 2.45) is 5.84 Å². The quantitative estimate of drug-likeness (QED) is 0.542. The Balaban J connectivity index is 2.09. The van der Waals surface area contributed by atoms with Crippen molar-refractivity contribution in [3.05, 3.63) is 75.4 Å². The van der Waals surface area contributed by atoms with E-state index in [1.807, 2.05) is 42.5 Å². The van der Waals surface area contributed by atoms with E-state index in [1.165, 1.54) is 0 Å². The number of nitrogens with two attached hydrogens (primary N) is 1. The van der Waals surface area contributed by atoms with Crippen molar-refractivity contribution < 1.29 is 0 Å². The third-order valence-corrected chi connectivity index (χ3v) is 4.33. The monoisotopic (exact) mass is 361 g/mol. The van der Waals surface area contributed by atoms with Crippen LogP contribution in [0.3, 0.4) is 0 Å². The van der Waals surface area contributed by atoms with Gasteiger partial charge in [0, 0.05) is 21.1 Å². The predicted octanol–water partition coefficient (Wildman–Crippen LogP) is 4.20. The van der Waals surface area contributed by atoms with Gasteiger partial charge in [-0.1, -0.05) is 51.8 Å². The molecule has 1 heterocycles. The van der Waals surface area contributed by atoms with Crippen LogP contribution >= 0.6 is 27.5 Å². The van der Waals surface area contributed by atoms with E-state index in [1.54, 1.807) is 6.20 Å². The minimum absolute atomic E-state index is 0.136. The van der Waals surface area contributed by atoms with E-state index in [0.29, 0.717) is 5.02 Å². The maximum absolute atomic E-state index is 6.00. The first-order valence-electron chi connectivity index (χ1n) is 6.45. The van der Waals surface area contributed by atoms with Crippen molar-refractivity contribution in [3.8, 4) is 0 Å². The second kappa shape index (κ2) is 6.12. The molecule has 21 heavy (non-hydrogen) atoms. The smallest absolute Gasteiger partial charge is 0.0721 e. The van der Waals surface area contributed by atoms with Gasteiger partial charge in [0.25, 0.3) is 0 Å². The maximum Gasteiger partial charge on any atom is 0.0721 e. The minimum atomic E-state index is -0.136. The molecule has 5 heteroatoms. The Morgan fingerprint density at radius 1 is 1.14 bits per heavy atom. The van der Waals surface area contributed by atoms with Crippen LogP contribution in [-0.2, 0) is 0 Å². The van der Waals surface area contributed by atoms with Gasteiger partial charge in [0.05, 0.1) is 11.6 Å². The van der Waals surface area contributed by atoms with Gasteiger partial charge in [0.15, 0.2) is 0 Å². The molecule has 0 bridgehead atoms. The Labute approximate surface area is 136 Å². The lowest BCUT2D eigenvalue weighted by atomic mass is 9.98. The minimum Gasteiger partial charge on any atom is -0.271 e. The third-order valence-electron chi connectivity index (χ3n) is 3.40. The summed E-state index contributed by atoms with van der Waals surface area (Å²) in [4.78, 5) is 4.39. The number of pyridine rings is 1. The lowest BCUT2D eigenvalue weighted by molar-refractivity contribution is 0.635. The van der Waals surface area contributed by atoms with Crippen LogP contribution in [0.4, 0.5) is 0 Å². The molecule has 0 fully saturated rings. The lowest BCUT2D eigenvalue weighted by Crippen LogP contribution is -2.29. The molecule has 0 spiro atoms. The Morgan fingerprint density at radius 3 is 2.76 bits per heavy atom. The van der Waals surface area contributed by atoms with Crippen LogP contribution in [0.1, 0.15) is 17.2 Å². The number of fused-ring (bicyclic) bond motifs is 1. The molecule has 3 nitrogen and oxygen atoms in total. The zero-order chi connectivity index (χ0) is 14.8. The molecule has 1 atom stereocenters. The summed E-state index contributed by atoms with van der Waals surface area (Å²) in [5, 5.41) is 1.79. The second-order valence-electron chi connectivity index (χ2n) is 4.72. The summed E-state index contributed by atoms with van der Waals surface area (Å²) in [6, 6.07) is 15.6. The molecule has 3 N–H and O–H groups in total. The van der Waals surface area contributed by atoms with E-state index in [9.17, 15) is 0 Å². The molecule has 3 rings (SSSR count). The Morgan fingerprint density at radius 2 is 2.00 bits per heavy atom. The first-order chi connectivity index (χ1) is 10.2. The van der Waals surface area contributed by atoms with Gasteiger partial charge >= 0.3 is 0 Å². The number of benzene rings is 2. The topological polar surface area (TPSA) is 50.9 Å². The van der Waals surface area contributed by atoms with Gasteiger partial charge in [-0.05, 0) is 35.4 Å². The summed E-state index contributed by atoms with van der Waals surface area (Å²) in [5.41, 5.74) is 5.88. The van der Waals surface area contributed by atoms with Crippen LogP contribution in [0.5, 0.6) is 0 Å². The third kappa shape index (κ3) is 2.94. The fourth-order valence-electron chi connectivity index (χ4n) is 2.36. The molecule has 0 radical (unpaired) electrons. The summed E-state index contributed by atoms with van der Waals surface area (Å²) >= 11 is 9.54. The van der Waals surface area contributed by atoms with E-state index in [2.05, 4.69) is 32.4 Å². The standard InChI is InChI=1S/C16H13BrClN3/c17-14-9-12(18)5-6-13(14)16(21-19)11-4-3-10-2-1-7-20-15(10)8-11/h1-9,16,21H,19H2. The van der Waals surface area contributed by atoms with Gasteiger partial charge in [-0.3, -0.25) is 10.8 Å². The number of hydrogen-bond acceptors (Lipinski definition) is 3. The average molecular weight is 363 g/mol. The van der Waals surface area contributed by atoms with Crippen LogP contribution in [0.15, 0.2) is 59.2 Å². The van der Waals surface area contributed by atoms with Crippen molar-refractivity contribution >= 4 is 38.4 Å². The Kier molecular flexibility index (Phi) is 4.22. The van der Waals surface area contributed by atoms with Crippen molar-refractivity contribution in [1.82, 2.24) is 10.4 Å². The van der Waals surface area contributed by atoms with Gasteiger partial charge in [-0.2, -0.15) is 0 Å². The van der Waals surface area contributed by atoms with E-state index < -0.39 is 0 Å². The van der Waals surface area contributed by atoms with E-state index in [4.69, 9.17) is 17.4 Å². The highest BCUT2D eigenvalue weighted by atomic mass is 79.9. The molecule has 0 aliphatic heterocycles. The molecule has 0 saturated heterocycles. The molecular weight excluding hydrogens is 350 g/mol. The molecule has 106 valence electrons. The number of aromatic nitrogens is 1. The summed E-state index contributed by atoms with van der Waals surface area (Å²) in [6.45, 7) is 0. The van der Waals surface area contributed by atoms with E-state index in [0.717, 1.165) is 26.5 Å². The zero-order valence-electron chi connectivity index (χ0n) is 11.1. The average Bonchev–Trinajstić information content (AvgIpc) is 2.50. The van der Waals surface area contributed by atoms with Crippen molar-refractivity contribution in [3.63, 3.8) is 0 Å². The molecule has 0 saturated carbocycles. The van der Waals surface area contributed by atoms with Crippen LogP contribution in [0, 0.1) is 0 Å². The second-order valence-corrected chi connectivity index (χ2v) is 6.01. The summed E-state index contributed by atoms with van der Waals surface area (Å²) in [5.74, 6) is 5.76. The largest absolute Gasteiger partial charge is 0.271 e. The molecule has 1 unspecified atom stereocenters. The van der Waals surface area contributed by atoms with Crippen molar-refractivity contribution in [1.29, 1.82) is 0 Å². The highest BCUT2D eigenvalue weighted by molar-refractivity contribution is 9.10. The Bertz CT molecular complexity index is 791. The summed E-state index contributed by atoms with van der Waals surface area (Å²) in [6.07, 6.45) is 1.79. The lowest BCUT2D eigenvalue weighted by Gasteiger charge is -2.19. The molecule has 0 aliphatic rings. The van der Waals surface area contributed by atoms with Crippen LogP contribution in [0.25, 0.3) is 10.9 Å². The van der Waals surface area contributed by atoms with Crippen LogP contribution in [-0.4, -0.2) is 4.98 Å². The normalized spacial score (nSPS) is 12.5. The van der Waals surface area contributed by atoms with Gasteiger partial charge in [-0.25, -0.2) is 5.43 Å². The number of halogens is 2. The highest BCUT2D eigenvalue weighted by Crippen LogP contribution is 2.31. The number of rotatable bonds is 3. The molecule has 1 aromatic heterocycles. The molecule has 2 aromatic carbocycles. The fraction of sp³-hybridized carbons (Fsp3) is 0.0625. The first-order valence-corrected chi connectivity index (χ1v) is 7.62. The SMILES string of the molecule is NNC(c1ccc2cccnc2c1)c1ccc(Cl)cc1Br.